The van der Waals surface area contributed by atoms with Gasteiger partial charge >= 0.3 is 0 Å². The highest BCUT2D eigenvalue weighted by Crippen LogP contribution is 2.44. The summed E-state index contributed by atoms with van der Waals surface area (Å²) in [4.78, 5) is 26.1. The van der Waals surface area contributed by atoms with Gasteiger partial charge in [-0.3, -0.25) is 0 Å². The predicted molar refractivity (Wildman–Crippen MR) is 263 cm³/mol. The molecule has 0 radical (unpaired) electrons. The average Bonchev–Trinajstić information content (AvgIpc) is 4.03. The second-order valence-corrected chi connectivity index (χ2v) is 17.8. The zero-order chi connectivity index (χ0) is 41.4. The van der Waals surface area contributed by atoms with E-state index in [0.717, 1.165) is 75.8 Å². The first-order valence-corrected chi connectivity index (χ1v) is 22.5. The summed E-state index contributed by atoms with van der Waals surface area (Å²) in [6.45, 7) is 0. The number of rotatable bonds is 6. The fourth-order valence-corrected chi connectivity index (χ4v) is 11.2. The molecule has 8 aromatic carbocycles. The van der Waals surface area contributed by atoms with Crippen LogP contribution in [0.4, 0.5) is 0 Å². The molecule has 0 fully saturated rings. The van der Waals surface area contributed by atoms with Crippen molar-refractivity contribution in [1.82, 2.24) is 29.5 Å². The molecule has 0 aliphatic heterocycles. The molecule has 8 heteroatoms. The Bertz CT molecular complexity index is 3850. The van der Waals surface area contributed by atoms with Crippen LogP contribution in [-0.2, 0) is 0 Å². The summed E-state index contributed by atoms with van der Waals surface area (Å²) in [5.41, 5.74) is 10.1. The zero-order valence-electron chi connectivity index (χ0n) is 33.5. The van der Waals surface area contributed by atoms with Crippen molar-refractivity contribution in [1.29, 1.82) is 0 Å². The first-order chi connectivity index (χ1) is 31.2. The van der Waals surface area contributed by atoms with E-state index in [1.54, 1.807) is 22.7 Å². The largest absolute Gasteiger partial charge is 0.309 e. The van der Waals surface area contributed by atoms with Crippen LogP contribution < -0.4 is 0 Å². The van der Waals surface area contributed by atoms with Crippen molar-refractivity contribution in [3.63, 3.8) is 0 Å². The Hall–Kier alpha value is -7.91. The van der Waals surface area contributed by atoms with Gasteiger partial charge in [0.2, 0.25) is 0 Å². The predicted octanol–water partition coefficient (Wildman–Crippen LogP) is 14.8. The molecule has 5 aromatic heterocycles. The van der Waals surface area contributed by atoms with E-state index in [4.69, 9.17) is 24.9 Å². The minimum Gasteiger partial charge on any atom is -0.309 e. The lowest BCUT2D eigenvalue weighted by molar-refractivity contribution is 1.08. The first kappa shape index (κ1) is 35.8. The monoisotopic (exact) mass is 840 g/mol. The molecular weight excluding hydrogens is 809 g/mol. The van der Waals surface area contributed by atoms with Gasteiger partial charge in [0.25, 0.3) is 0 Å². The van der Waals surface area contributed by atoms with Gasteiger partial charge in [-0.05, 0) is 54.6 Å². The molecule has 0 unspecified atom stereocenters. The Morgan fingerprint density at radius 3 is 1.73 bits per heavy atom. The van der Waals surface area contributed by atoms with Gasteiger partial charge in [0.05, 0.1) is 26.9 Å². The van der Waals surface area contributed by atoms with Crippen LogP contribution in [0.2, 0.25) is 0 Å². The van der Waals surface area contributed by atoms with Crippen molar-refractivity contribution in [2.24, 2.45) is 0 Å². The van der Waals surface area contributed by atoms with Gasteiger partial charge in [0, 0.05) is 74.5 Å². The number of aromatic nitrogens is 6. The second-order valence-electron chi connectivity index (χ2n) is 15.6. The van der Waals surface area contributed by atoms with Crippen LogP contribution in [0.5, 0.6) is 0 Å². The number of hydrogen-bond donors (Lipinski definition) is 0. The van der Waals surface area contributed by atoms with Crippen LogP contribution in [0.25, 0.3) is 125 Å². The SMILES string of the molecule is c1ccc(-c2nc(-c3ccccc3)nc(-c3cccc4sc5ccc(-c6nc(-c7ccc8c9ccccc9n(-c9ccccc9)c8c7)c7sc8ccccc8c7n6)cc5c34)n2)cc1. The van der Waals surface area contributed by atoms with E-state index in [2.05, 4.69) is 138 Å². The van der Waals surface area contributed by atoms with Gasteiger partial charge in [-0.2, -0.15) is 0 Å². The minimum atomic E-state index is 0.631. The third kappa shape index (κ3) is 5.87. The van der Waals surface area contributed by atoms with Crippen molar-refractivity contribution in [3.05, 3.63) is 194 Å². The Kier molecular flexibility index (Phi) is 8.15. The van der Waals surface area contributed by atoms with E-state index in [1.807, 2.05) is 60.7 Å². The molecule has 0 saturated carbocycles. The molecule has 0 aliphatic carbocycles. The van der Waals surface area contributed by atoms with Crippen LogP contribution >= 0.6 is 22.7 Å². The van der Waals surface area contributed by atoms with Gasteiger partial charge in [0.1, 0.15) is 0 Å². The molecule has 0 spiro atoms. The van der Waals surface area contributed by atoms with Gasteiger partial charge in [-0.1, -0.05) is 140 Å². The Labute approximate surface area is 369 Å². The Morgan fingerprint density at radius 2 is 0.952 bits per heavy atom. The van der Waals surface area contributed by atoms with Crippen molar-refractivity contribution in [2.75, 3.05) is 0 Å². The maximum atomic E-state index is 5.50. The molecule has 0 bridgehead atoms. The summed E-state index contributed by atoms with van der Waals surface area (Å²) in [6.07, 6.45) is 0. The van der Waals surface area contributed by atoms with E-state index in [-0.39, 0.29) is 0 Å². The van der Waals surface area contributed by atoms with Crippen molar-refractivity contribution in [3.8, 4) is 62.5 Å². The van der Waals surface area contributed by atoms with Crippen LogP contribution in [0.3, 0.4) is 0 Å². The van der Waals surface area contributed by atoms with Crippen molar-refractivity contribution in [2.45, 2.75) is 0 Å². The van der Waals surface area contributed by atoms with E-state index in [0.29, 0.717) is 23.3 Å². The molecule has 0 N–H and O–H groups in total. The summed E-state index contributed by atoms with van der Waals surface area (Å²) in [5, 5.41) is 5.77. The summed E-state index contributed by atoms with van der Waals surface area (Å²) >= 11 is 3.52. The van der Waals surface area contributed by atoms with Gasteiger partial charge in [0.15, 0.2) is 23.3 Å². The summed E-state index contributed by atoms with van der Waals surface area (Å²) in [5.74, 6) is 2.58. The molecule has 13 rings (SSSR count). The summed E-state index contributed by atoms with van der Waals surface area (Å²) < 4.78 is 6.95. The molecule has 6 nitrogen and oxygen atoms in total. The van der Waals surface area contributed by atoms with E-state index < -0.39 is 0 Å². The standard InChI is InChI=1S/C55H32N6S2/c1-4-15-33(16-5-1)52-58-53(34-17-6-2-7-18-34)60-55(59-52)41-23-14-26-47-48(41)42-31-36(28-30-46(42)62-47)54-56-49(51-50(57-54)40-22-11-13-25-45(40)63-51)35-27-29-39-38-21-10-12-24-43(38)61(44(39)32-35)37-19-8-3-9-20-37/h1-32H. The molecule has 294 valence electrons. The van der Waals surface area contributed by atoms with Crippen molar-refractivity contribution < 1.29 is 0 Å². The molecule has 0 aliphatic rings. The molecule has 63 heavy (non-hydrogen) atoms. The number of hydrogen-bond acceptors (Lipinski definition) is 7. The second kappa shape index (κ2) is 14.3. The third-order valence-corrected chi connectivity index (χ3v) is 14.2. The highest BCUT2D eigenvalue weighted by atomic mass is 32.1. The van der Waals surface area contributed by atoms with E-state index in [1.165, 1.54) is 25.7 Å². The average molecular weight is 841 g/mol. The smallest absolute Gasteiger partial charge is 0.164 e. The lowest BCUT2D eigenvalue weighted by Crippen LogP contribution is -2.00. The normalized spacial score (nSPS) is 11.8. The summed E-state index contributed by atoms with van der Waals surface area (Å²) in [6, 6.07) is 67.9. The fourth-order valence-electron chi connectivity index (χ4n) is 8.97. The van der Waals surface area contributed by atoms with Gasteiger partial charge < -0.3 is 4.57 Å². The number of thiophene rings is 2. The topological polar surface area (TPSA) is 69.4 Å². The first-order valence-electron chi connectivity index (χ1n) is 20.8. The lowest BCUT2D eigenvalue weighted by Gasteiger charge is -2.11. The van der Waals surface area contributed by atoms with Crippen LogP contribution in [0.15, 0.2) is 194 Å². The molecule has 0 atom stereocenters. The zero-order valence-corrected chi connectivity index (χ0v) is 35.1. The molecule has 0 amide bonds. The molecule has 0 saturated heterocycles. The third-order valence-electron chi connectivity index (χ3n) is 11.9. The van der Waals surface area contributed by atoms with E-state index >= 15 is 0 Å². The quantitative estimate of drug-likeness (QED) is 0.167. The Balaban J connectivity index is 1.02. The van der Waals surface area contributed by atoms with E-state index in [9.17, 15) is 0 Å². The van der Waals surface area contributed by atoms with Crippen molar-refractivity contribution >= 4 is 85.0 Å². The van der Waals surface area contributed by atoms with Gasteiger partial charge in [-0.25, -0.2) is 24.9 Å². The van der Waals surface area contributed by atoms with Crippen LogP contribution in [-0.4, -0.2) is 29.5 Å². The maximum absolute atomic E-state index is 5.50. The highest BCUT2D eigenvalue weighted by molar-refractivity contribution is 7.26. The Morgan fingerprint density at radius 1 is 0.349 bits per heavy atom. The molecular formula is C55H32N6S2. The number of para-hydroxylation sites is 2. The lowest BCUT2D eigenvalue weighted by atomic mass is 10.0. The van der Waals surface area contributed by atoms with Crippen LogP contribution in [0, 0.1) is 0 Å². The number of fused-ring (bicyclic) bond motifs is 9. The highest BCUT2D eigenvalue weighted by Gasteiger charge is 2.21. The van der Waals surface area contributed by atoms with Crippen LogP contribution in [0.1, 0.15) is 0 Å². The minimum absolute atomic E-state index is 0.631. The molecule has 5 heterocycles. The molecule has 13 aromatic rings. The number of nitrogens with zero attached hydrogens (tertiary/aromatic N) is 6. The number of benzene rings is 8. The summed E-state index contributed by atoms with van der Waals surface area (Å²) in [7, 11) is 0. The van der Waals surface area contributed by atoms with Gasteiger partial charge in [-0.15, -0.1) is 22.7 Å². The fraction of sp³-hybridized carbons (Fsp3) is 0. The maximum Gasteiger partial charge on any atom is 0.164 e.